The van der Waals surface area contributed by atoms with Crippen molar-refractivity contribution in [1.29, 1.82) is 0 Å². The fraction of sp³-hybridized carbons (Fsp3) is 0.333. The van der Waals surface area contributed by atoms with Crippen LogP contribution >= 0.6 is 23.2 Å². The molecule has 3 aromatic rings. The number of methoxy groups -OCH3 is 1. The number of para-hydroxylation sites is 1. The van der Waals surface area contributed by atoms with Crippen molar-refractivity contribution in [2.75, 3.05) is 7.11 Å². The van der Waals surface area contributed by atoms with Crippen molar-refractivity contribution in [1.82, 2.24) is 9.71 Å². The van der Waals surface area contributed by atoms with Crippen LogP contribution in [-0.4, -0.2) is 32.0 Å². The number of carbonyl (C=O) groups excluding carboxylic acids is 1. The molecule has 0 aliphatic rings. The van der Waals surface area contributed by atoms with Crippen LogP contribution in [0.1, 0.15) is 37.1 Å². The number of benzene rings is 2. The molecule has 0 fully saturated rings. The SMILES string of the molecule is CC[C@@](C)(NS(=O)(=O)c1ccc(Cl)c(COc2cccc3c(C)cc(C)nc23)c1Cl)C(=O)OC. The van der Waals surface area contributed by atoms with Crippen LogP contribution in [0.3, 0.4) is 0 Å². The van der Waals surface area contributed by atoms with Gasteiger partial charge in [0, 0.05) is 21.7 Å². The Hall–Kier alpha value is -2.39. The normalized spacial score (nSPS) is 13.5. The number of halogens is 2. The lowest BCUT2D eigenvalue weighted by Gasteiger charge is -2.26. The number of ether oxygens (including phenoxy) is 2. The van der Waals surface area contributed by atoms with Gasteiger partial charge in [0.15, 0.2) is 0 Å². The Morgan fingerprint density at radius 1 is 1.18 bits per heavy atom. The smallest absolute Gasteiger partial charge is 0.326 e. The average molecular weight is 525 g/mol. The van der Waals surface area contributed by atoms with Gasteiger partial charge in [-0.05, 0) is 57.0 Å². The summed E-state index contributed by atoms with van der Waals surface area (Å²) in [5.41, 5.74) is 1.43. The molecule has 1 atom stereocenters. The number of hydrogen-bond acceptors (Lipinski definition) is 6. The van der Waals surface area contributed by atoms with Crippen molar-refractivity contribution < 1.29 is 22.7 Å². The molecule has 0 aliphatic heterocycles. The number of pyridine rings is 1. The van der Waals surface area contributed by atoms with Crippen molar-refractivity contribution in [3.8, 4) is 5.75 Å². The van der Waals surface area contributed by atoms with Crippen molar-refractivity contribution in [2.45, 2.75) is 51.2 Å². The minimum Gasteiger partial charge on any atom is -0.487 e. The lowest BCUT2D eigenvalue weighted by molar-refractivity contribution is -0.147. The van der Waals surface area contributed by atoms with E-state index in [2.05, 4.69) is 9.71 Å². The first-order valence-electron chi connectivity index (χ1n) is 10.5. The molecule has 0 aliphatic carbocycles. The zero-order valence-corrected chi connectivity index (χ0v) is 21.9. The molecule has 0 saturated heterocycles. The van der Waals surface area contributed by atoms with Gasteiger partial charge in [-0.3, -0.25) is 4.79 Å². The quantitative estimate of drug-likeness (QED) is 0.398. The highest BCUT2D eigenvalue weighted by molar-refractivity contribution is 7.89. The van der Waals surface area contributed by atoms with Gasteiger partial charge in [0.2, 0.25) is 10.0 Å². The van der Waals surface area contributed by atoms with Crippen LogP contribution < -0.4 is 9.46 Å². The van der Waals surface area contributed by atoms with E-state index in [0.29, 0.717) is 16.8 Å². The summed E-state index contributed by atoms with van der Waals surface area (Å²) in [6, 6.07) is 10.3. The van der Waals surface area contributed by atoms with Crippen LogP contribution in [0.5, 0.6) is 5.75 Å². The highest BCUT2D eigenvalue weighted by Gasteiger charge is 2.38. The number of aromatic nitrogens is 1. The van der Waals surface area contributed by atoms with E-state index in [1.54, 1.807) is 13.0 Å². The number of nitrogens with zero attached hydrogens (tertiary/aromatic N) is 1. The molecular weight excluding hydrogens is 499 g/mol. The number of carbonyl (C=O) groups is 1. The topological polar surface area (TPSA) is 94.6 Å². The maximum atomic E-state index is 13.1. The van der Waals surface area contributed by atoms with Crippen molar-refractivity contribution in [2.24, 2.45) is 0 Å². The third-order valence-electron chi connectivity index (χ3n) is 5.65. The molecule has 1 aromatic heterocycles. The third-order valence-corrected chi connectivity index (χ3v) is 8.19. The summed E-state index contributed by atoms with van der Waals surface area (Å²) < 4.78 is 39.4. The minimum absolute atomic E-state index is 0.0865. The summed E-state index contributed by atoms with van der Waals surface area (Å²) in [5, 5.41) is 1.10. The van der Waals surface area contributed by atoms with Gasteiger partial charge in [0.25, 0.3) is 0 Å². The molecule has 182 valence electrons. The summed E-state index contributed by atoms with van der Waals surface area (Å²) in [4.78, 5) is 16.5. The monoisotopic (exact) mass is 524 g/mol. The zero-order valence-electron chi connectivity index (χ0n) is 19.5. The van der Waals surface area contributed by atoms with Crippen LogP contribution in [0.25, 0.3) is 10.9 Å². The maximum Gasteiger partial charge on any atom is 0.326 e. The predicted octanol–water partition coefficient (Wildman–Crippen LogP) is 5.36. The van der Waals surface area contributed by atoms with Crippen molar-refractivity contribution in [3.05, 3.63) is 63.3 Å². The summed E-state index contributed by atoms with van der Waals surface area (Å²) >= 11 is 12.9. The summed E-state index contributed by atoms with van der Waals surface area (Å²) in [6.07, 6.45) is 0.174. The van der Waals surface area contributed by atoms with Gasteiger partial charge in [-0.1, -0.05) is 42.3 Å². The summed E-state index contributed by atoms with van der Waals surface area (Å²) in [5.74, 6) is -0.187. The Bertz CT molecular complexity index is 1360. The van der Waals surface area contributed by atoms with E-state index < -0.39 is 21.5 Å². The second-order valence-corrected chi connectivity index (χ2v) is 10.6. The zero-order chi connectivity index (χ0) is 25.3. The molecule has 1 N–H and O–H groups in total. The van der Waals surface area contributed by atoms with Crippen LogP contribution in [0.2, 0.25) is 10.0 Å². The molecule has 2 aromatic carbocycles. The Morgan fingerprint density at radius 2 is 1.88 bits per heavy atom. The van der Waals surface area contributed by atoms with E-state index in [1.807, 2.05) is 32.0 Å². The number of sulfonamides is 1. The standard InChI is InChI=1S/C24H26Cl2N2O5S/c1-6-24(4,23(29)32-5)28-34(30,31)20-11-10-18(25)17(21(20)26)13-33-19-9-7-8-16-14(2)12-15(3)27-22(16)19/h7-12,28H,6,13H2,1-5H3/t24-/m1/s1. The van der Waals surface area contributed by atoms with Crippen molar-refractivity contribution in [3.63, 3.8) is 0 Å². The lowest BCUT2D eigenvalue weighted by Crippen LogP contribution is -2.52. The van der Waals surface area contributed by atoms with Gasteiger partial charge in [0.05, 0.1) is 12.1 Å². The average Bonchev–Trinajstić information content (AvgIpc) is 2.77. The Morgan fingerprint density at radius 3 is 2.53 bits per heavy atom. The van der Waals surface area contributed by atoms with Gasteiger partial charge in [-0.2, -0.15) is 4.72 Å². The van der Waals surface area contributed by atoms with E-state index in [0.717, 1.165) is 16.6 Å². The Kier molecular flexibility index (Phi) is 7.77. The van der Waals surface area contributed by atoms with E-state index in [-0.39, 0.29) is 28.0 Å². The first-order valence-corrected chi connectivity index (χ1v) is 12.8. The van der Waals surface area contributed by atoms with E-state index in [4.69, 9.17) is 32.7 Å². The van der Waals surface area contributed by atoms with E-state index in [1.165, 1.54) is 26.2 Å². The lowest BCUT2D eigenvalue weighted by atomic mass is 10.0. The van der Waals surface area contributed by atoms with E-state index in [9.17, 15) is 13.2 Å². The molecule has 0 radical (unpaired) electrons. The van der Waals surface area contributed by atoms with Crippen LogP contribution in [0.4, 0.5) is 0 Å². The molecule has 0 bridgehead atoms. The molecule has 0 saturated carbocycles. The van der Waals surface area contributed by atoms with Crippen LogP contribution in [0.15, 0.2) is 41.3 Å². The van der Waals surface area contributed by atoms with Gasteiger partial charge >= 0.3 is 5.97 Å². The molecule has 0 unspecified atom stereocenters. The Labute approximate surface area is 209 Å². The molecule has 10 heteroatoms. The van der Waals surface area contributed by atoms with Crippen LogP contribution in [0, 0.1) is 13.8 Å². The molecule has 1 heterocycles. The largest absolute Gasteiger partial charge is 0.487 e. The predicted molar refractivity (Wildman–Crippen MR) is 133 cm³/mol. The number of esters is 1. The first-order chi connectivity index (χ1) is 15.9. The molecular formula is C24H26Cl2N2O5S. The highest BCUT2D eigenvalue weighted by Crippen LogP contribution is 2.34. The number of aryl methyl sites for hydroxylation is 2. The highest BCUT2D eigenvalue weighted by atomic mass is 35.5. The number of fused-ring (bicyclic) bond motifs is 1. The number of hydrogen-bond donors (Lipinski definition) is 1. The van der Waals surface area contributed by atoms with Crippen molar-refractivity contribution >= 4 is 50.1 Å². The molecule has 7 nitrogen and oxygen atoms in total. The maximum absolute atomic E-state index is 13.1. The summed E-state index contributed by atoms with van der Waals surface area (Å²) in [7, 11) is -3.00. The van der Waals surface area contributed by atoms with Crippen LogP contribution in [-0.2, 0) is 26.2 Å². The third kappa shape index (κ3) is 5.15. The Balaban J connectivity index is 1.97. The molecule has 3 rings (SSSR count). The van der Waals surface area contributed by atoms with E-state index >= 15 is 0 Å². The van der Waals surface area contributed by atoms with Gasteiger partial charge in [-0.25, -0.2) is 13.4 Å². The minimum atomic E-state index is -4.19. The van der Waals surface area contributed by atoms with Gasteiger partial charge in [0.1, 0.15) is 28.3 Å². The molecule has 0 amide bonds. The molecule has 0 spiro atoms. The second kappa shape index (κ2) is 10.1. The fourth-order valence-electron chi connectivity index (χ4n) is 3.57. The summed E-state index contributed by atoms with van der Waals surface area (Å²) in [6.45, 7) is 6.92. The number of nitrogens with one attached hydrogen (secondary N) is 1. The fourth-order valence-corrected chi connectivity index (χ4v) is 5.89. The molecule has 34 heavy (non-hydrogen) atoms. The van der Waals surface area contributed by atoms with Gasteiger partial charge < -0.3 is 9.47 Å². The van der Waals surface area contributed by atoms with Gasteiger partial charge in [-0.15, -0.1) is 0 Å². The first kappa shape index (κ1) is 26.2. The second-order valence-electron chi connectivity index (χ2n) is 8.14. The number of rotatable bonds is 8.